The number of rotatable bonds is 18. The van der Waals surface area contributed by atoms with Crippen molar-refractivity contribution in [3.63, 3.8) is 0 Å². The molecule has 12 heteroatoms. The van der Waals surface area contributed by atoms with Gasteiger partial charge in [-0.2, -0.15) is 0 Å². The Bertz CT molecular complexity index is 862. The Balaban J connectivity index is 1.50. The van der Waals surface area contributed by atoms with Crippen molar-refractivity contribution in [2.24, 2.45) is 23.7 Å². The molecule has 0 aromatic carbocycles. The number of hydrogen-bond acceptors (Lipinski definition) is 10. The summed E-state index contributed by atoms with van der Waals surface area (Å²) in [6.07, 6.45) is 2.21. The van der Waals surface area contributed by atoms with Gasteiger partial charge in [0.25, 0.3) is 0 Å². The summed E-state index contributed by atoms with van der Waals surface area (Å²) in [5.74, 6) is 0.693. The zero-order valence-electron chi connectivity index (χ0n) is 23.0. The summed E-state index contributed by atoms with van der Waals surface area (Å²) in [6, 6.07) is 0. The standard InChI is InChI=1S/C27H42N2O10/c1-18(2)24(30)36-11-7-34-9-13-38-26(32)28-16-21-15-20-5-6-22(21)23(20)17-29-27(33)39-14-10-35-8-12-37-25(31)19(3)4/h20-23H,1,3,5-17H2,2,4H3,(H,28,32)(H,29,33). The van der Waals surface area contributed by atoms with Crippen LogP contribution in [0.2, 0.25) is 0 Å². The van der Waals surface area contributed by atoms with Gasteiger partial charge in [-0.15, -0.1) is 0 Å². The molecule has 2 fully saturated rings. The average Bonchev–Trinajstić information content (AvgIpc) is 3.45. The van der Waals surface area contributed by atoms with Crippen LogP contribution in [-0.2, 0) is 38.0 Å². The van der Waals surface area contributed by atoms with Crippen LogP contribution in [0.5, 0.6) is 0 Å². The van der Waals surface area contributed by atoms with E-state index in [9.17, 15) is 19.2 Å². The van der Waals surface area contributed by atoms with Crippen molar-refractivity contribution in [2.45, 2.75) is 33.1 Å². The second-order valence-electron chi connectivity index (χ2n) is 9.75. The molecule has 0 radical (unpaired) electrons. The molecule has 39 heavy (non-hydrogen) atoms. The van der Waals surface area contributed by atoms with Crippen LogP contribution in [0.25, 0.3) is 0 Å². The number of carbonyl (C=O) groups is 4. The lowest BCUT2D eigenvalue weighted by molar-refractivity contribution is -0.141. The van der Waals surface area contributed by atoms with Gasteiger partial charge in [0.15, 0.2) is 0 Å². The summed E-state index contributed by atoms with van der Waals surface area (Å²) in [7, 11) is 0. The number of hydrogen-bond donors (Lipinski definition) is 2. The van der Waals surface area contributed by atoms with E-state index in [1.165, 1.54) is 0 Å². The molecule has 2 saturated carbocycles. The first-order valence-electron chi connectivity index (χ1n) is 13.3. The van der Waals surface area contributed by atoms with Crippen LogP contribution in [0.15, 0.2) is 24.3 Å². The summed E-state index contributed by atoms with van der Waals surface area (Å²) in [4.78, 5) is 46.6. The largest absolute Gasteiger partial charge is 0.460 e. The summed E-state index contributed by atoms with van der Waals surface area (Å²) in [5, 5.41) is 5.68. The number of carbonyl (C=O) groups excluding carboxylic acids is 4. The molecule has 2 bridgehead atoms. The number of esters is 2. The fraction of sp³-hybridized carbons (Fsp3) is 0.704. The van der Waals surface area contributed by atoms with E-state index < -0.39 is 24.1 Å². The zero-order chi connectivity index (χ0) is 28.6. The molecule has 4 unspecified atom stereocenters. The van der Waals surface area contributed by atoms with E-state index in [1.807, 2.05) is 0 Å². The SMILES string of the molecule is C=C(C)C(=O)OCCOCCOC(=O)NCC1CC2CCC1C2CNC(=O)OCCOCCOC(=O)C(=C)C. The molecule has 2 aliphatic carbocycles. The van der Waals surface area contributed by atoms with Gasteiger partial charge in [-0.1, -0.05) is 13.2 Å². The quantitative estimate of drug-likeness (QED) is 0.112. The predicted molar refractivity (Wildman–Crippen MR) is 140 cm³/mol. The highest BCUT2D eigenvalue weighted by atomic mass is 16.6. The Kier molecular flexibility index (Phi) is 14.4. The third-order valence-electron chi connectivity index (χ3n) is 6.77. The van der Waals surface area contributed by atoms with Gasteiger partial charge in [0.05, 0.1) is 26.4 Å². The number of ether oxygens (including phenoxy) is 6. The molecule has 4 atom stereocenters. The molecule has 2 amide bonds. The van der Waals surface area contributed by atoms with Crippen LogP contribution in [0.4, 0.5) is 9.59 Å². The molecule has 0 aliphatic heterocycles. The van der Waals surface area contributed by atoms with Crippen LogP contribution in [0.1, 0.15) is 33.1 Å². The maximum absolute atomic E-state index is 12.0. The molecule has 0 aromatic rings. The minimum atomic E-state index is -0.496. The van der Waals surface area contributed by atoms with Gasteiger partial charge in [0.1, 0.15) is 26.4 Å². The Labute approximate surface area is 229 Å². The Morgan fingerprint density at radius 2 is 1.13 bits per heavy atom. The maximum Gasteiger partial charge on any atom is 0.407 e. The third-order valence-corrected chi connectivity index (χ3v) is 6.77. The van der Waals surface area contributed by atoms with Gasteiger partial charge in [-0.3, -0.25) is 0 Å². The van der Waals surface area contributed by atoms with Crippen molar-refractivity contribution >= 4 is 24.1 Å². The van der Waals surface area contributed by atoms with Crippen molar-refractivity contribution in [3.05, 3.63) is 24.3 Å². The van der Waals surface area contributed by atoms with E-state index in [0.717, 1.165) is 19.3 Å². The Morgan fingerprint density at radius 3 is 1.62 bits per heavy atom. The number of nitrogens with one attached hydrogen (secondary N) is 2. The van der Waals surface area contributed by atoms with E-state index in [1.54, 1.807) is 13.8 Å². The highest BCUT2D eigenvalue weighted by molar-refractivity contribution is 5.87. The second kappa shape index (κ2) is 17.5. The first kappa shape index (κ1) is 32.1. The lowest BCUT2D eigenvalue weighted by atomic mass is 9.88. The molecule has 2 rings (SSSR count). The normalized spacial score (nSPS) is 21.1. The number of fused-ring (bicyclic) bond motifs is 2. The van der Waals surface area contributed by atoms with Crippen molar-refractivity contribution in [1.82, 2.24) is 10.6 Å². The van der Waals surface area contributed by atoms with Crippen LogP contribution in [0, 0.1) is 23.7 Å². The first-order valence-corrected chi connectivity index (χ1v) is 13.3. The highest BCUT2D eigenvalue weighted by Gasteiger charge is 2.47. The fourth-order valence-corrected chi connectivity index (χ4v) is 4.92. The Hall–Kier alpha value is -3.12. The van der Waals surface area contributed by atoms with Gasteiger partial charge in [-0.05, 0) is 56.8 Å². The van der Waals surface area contributed by atoms with Crippen molar-refractivity contribution in [2.75, 3.05) is 65.9 Å². The van der Waals surface area contributed by atoms with Crippen molar-refractivity contribution in [1.29, 1.82) is 0 Å². The number of amides is 2. The zero-order valence-corrected chi connectivity index (χ0v) is 23.0. The fourth-order valence-electron chi connectivity index (χ4n) is 4.92. The molecule has 2 N–H and O–H groups in total. The molecular weight excluding hydrogens is 512 g/mol. The van der Waals surface area contributed by atoms with Crippen molar-refractivity contribution in [3.8, 4) is 0 Å². The van der Waals surface area contributed by atoms with E-state index in [0.29, 0.717) is 47.9 Å². The highest BCUT2D eigenvalue weighted by Crippen LogP contribution is 2.52. The van der Waals surface area contributed by atoms with Crippen LogP contribution >= 0.6 is 0 Å². The molecule has 2 aliphatic rings. The molecule has 220 valence electrons. The lowest BCUT2D eigenvalue weighted by Gasteiger charge is -2.22. The van der Waals surface area contributed by atoms with Crippen LogP contribution in [0.3, 0.4) is 0 Å². The predicted octanol–water partition coefficient (Wildman–Crippen LogP) is 2.37. The van der Waals surface area contributed by atoms with Gasteiger partial charge in [-0.25, -0.2) is 19.2 Å². The van der Waals surface area contributed by atoms with Gasteiger partial charge in [0, 0.05) is 24.2 Å². The topological polar surface area (TPSA) is 148 Å². The molecule has 0 aromatic heterocycles. The van der Waals surface area contributed by atoms with Gasteiger partial charge in [0.2, 0.25) is 0 Å². The maximum atomic E-state index is 12.0. The first-order chi connectivity index (χ1) is 18.7. The summed E-state index contributed by atoms with van der Waals surface area (Å²) < 4.78 is 30.6. The molecule has 0 spiro atoms. The average molecular weight is 555 g/mol. The van der Waals surface area contributed by atoms with Gasteiger partial charge < -0.3 is 39.1 Å². The molecular formula is C27H42N2O10. The van der Waals surface area contributed by atoms with Gasteiger partial charge >= 0.3 is 24.1 Å². The monoisotopic (exact) mass is 554 g/mol. The minimum absolute atomic E-state index is 0.0964. The third kappa shape index (κ3) is 12.1. The van der Waals surface area contributed by atoms with E-state index in [2.05, 4.69) is 23.8 Å². The van der Waals surface area contributed by atoms with E-state index >= 15 is 0 Å². The van der Waals surface area contributed by atoms with Crippen molar-refractivity contribution < 1.29 is 47.6 Å². The van der Waals surface area contributed by atoms with E-state index in [-0.39, 0.29) is 52.9 Å². The number of alkyl carbamates (subject to hydrolysis) is 2. The Morgan fingerprint density at radius 1 is 0.667 bits per heavy atom. The summed E-state index contributed by atoms with van der Waals surface area (Å²) >= 11 is 0. The smallest absolute Gasteiger partial charge is 0.407 e. The van der Waals surface area contributed by atoms with Crippen LogP contribution < -0.4 is 10.6 Å². The second-order valence-corrected chi connectivity index (χ2v) is 9.75. The summed E-state index contributed by atoms with van der Waals surface area (Å²) in [6.45, 7) is 12.4. The molecule has 12 nitrogen and oxygen atoms in total. The molecule has 0 saturated heterocycles. The lowest BCUT2D eigenvalue weighted by Crippen LogP contribution is -2.35. The summed E-state index contributed by atoms with van der Waals surface area (Å²) in [5.41, 5.74) is 0.651. The molecule has 0 heterocycles. The minimum Gasteiger partial charge on any atom is -0.460 e. The van der Waals surface area contributed by atoms with E-state index in [4.69, 9.17) is 28.4 Å². The van der Waals surface area contributed by atoms with Crippen LogP contribution in [-0.4, -0.2) is 90.1 Å².